The Morgan fingerprint density at radius 3 is 2.79 bits per heavy atom. The Bertz CT molecular complexity index is 1200. The molecule has 1 aromatic carbocycles. The van der Waals surface area contributed by atoms with E-state index in [1.54, 1.807) is 12.1 Å². The molecule has 2 fully saturated rings. The minimum absolute atomic E-state index is 0.103. The van der Waals surface area contributed by atoms with Crippen LogP contribution in [0.25, 0.3) is 16.2 Å². The second-order valence-corrected chi connectivity index (χ2v) is 11.4. The van der Waals surface area contributed by atoms with Crippen LogP contribution in [0.5, 0.6) is 0 Å². The van der Waals surface area contributed by atoms with E-state index in [2.05, 4.69) is 23.6 Å². The molecule has 3 aromatic rings. The van der Waals surface area contributed by atoms with Crippen LogP contribution < -0.4 is 4.72 Å². The molecule has 0 saturated heterocycles. The number of hydrogen-bond acceptors (Lipinski definition) is 5. The Hall–Kier alpha value is -2.19. The zero-order valence-electron chi connectivity index (χ0n) is 16.4. The largest absolute Gasteiger partial charge is 0.299 e. The van der Waals surface area contributed by atoms with Crippen molar-refractivity contribution in [1.29, 1.82) is 0 Å². The van der Waals surface area contributed by atoms with Crippen molar-refractivity contribution < 1.29 is 13.2 Å². The number of fused-ring (bicyclic) bond motifs is 3. The highest BCUT2D eigenvalue weighted by molar-refractivity contribution is 7.92. The maximum Gasteiger partial charge on any atom is 0.233 e. The summed E-state index contributed by atoms with van der Waals surface area (Å²) < 4.78 is 31.1. The molecule has 2 saturated carbocycles. The number of carbonyl (C=O) groups excluding carboxylic acids is 1. The van der Waals surface area contributed by atoms with Crippen LogP contribution in [0.3, 0.4) is 0 Å². The van der Waals surface area contributed by atoms with Crippen molar-refractivity contribution in [3.05, 3.63) is 42.0 Å². The standard InChI is InChI=1S/C21H23N3O3S2/c1-20(2)14-7-8-21(20,18(25)11-14)13-29(26,27)23-16-6-4-3-5-15(16)17-12-24-9-10-28-19(24)22-17/h3-6,9-10,12,14,23H,7-8,11,13H2,1-2H3. The van der Waals surface area contributed by atoms with E-state index in [4.69, 9.17) is 0 Å². The summed E-state index contributed by atoms with van der Waals surface area (Å²) in [5, 5.41) is 1.95. The Morgan fingerprint density at radius 2 is 2.10 bits per heavy atom. The molecular formula is C21H23N3O3S2. The van der Waals surface area contributed by atoms with Gasteiger partial charge in [-0.3, -0.25) is 13.9 Å². The van der Waals surface area contributed by atoms with Gasteiger partial charge >= 0.3 is 0 Å². The molecule has 2 aliphatic carbocycles. The van der Waals surface area contributed by atoms with Gasteiger partial charge in [-0.05, 0) is 30.2 Å². The highest BCUT2D eigenvalue weighted by Crippen LogP contribution is 2.64. The third-order valence-corrected chi connectivity index (χ3v) is 9.31. The van der Waals surface area contributed by atoms with Gasteiger partial charge in [0, 0.05) is 29.8 Å². The van der Waals surface area contributed by atoms with Crippen molar-refractivity contribution in [2.75, 3.05) is 10.5 Å². The van der Waals surface area contributed by atoms with Crippen LogP contribution in [-0.2, 0) is 14.8 Å². The van der Waals surface area contributed by atoms with Crippen molar-refractivity contribution in [2.45, 2.75) is 33.1 Å². The summed E-state index contributed by atoms with van der Waals surface area (Å²) in [4.78, 5) is 18.2. The molecule has 0 spiro atoms. The highest BCUT2D eigenvalue weighted by Gasteiger charge is 2.65. The molecule has 0 aliphatic heterocycles. The second kappa shape index (κ2) is 6.15. The summed E-state index contributed by atoms with van der Waals surface area (Å²) in [5.41, 5.74) is 0.868. The Balaban J connectivity index is 1.48. The maximum absolute atomic E-state index is 13.2. The van der Waals surface area contributed by atoms with Gasteiger partial charge in [0.15, 0.2) is 4.96 Å². The van der Waals surface area contributed by atoms with Crippen LogP contribution >= 0.6 is 11.3 Å². The number of sulfonamides is 1. The number of Topliss-reactive ketones (excluding diaryl/α,β-unsaturated/α-hetero) is 1. The van der Waals surface area contributed by atoms with E-state index in [-0.39, 0.29) is 22.9 Å². The molecule has 29 heavy (non-hydrogen) atoms. The van der Waals surface area contributed by atoms with Crippen molar-refractivity contribution in [1.82, 2.24) is 9.38 Å². The van der Waals surface area contributed by atoms with Crippen molar-refractivity contribution in [2.24, 2.45) is 16.7 Å². The Labute approximate surface area is 174 Å². The van der Waals surface area contributed by atoms with Crippen molar-refractivity contribution >= 4 is 37.8 Å². The van der Waals surface area contributed by atoms with Crippen LogP contribution in [-0.4, -0.2) is 29.3 Å². The number of carbonyl (C=O) groups is 1. The van der Waals surface area contributed by atoms with Crippen LogP contribution in [0.1, 0.15) is 33.1 Å². The van der Waals surface area contributed by atoms with Gasteiger partial charge in [0.25, 0.3) is 0 Å². The van der Waals surface area contributed by atoms with E-state index in [0.29, 0.717) is 24.2 Å². The summed E-state index contributed by atoms with van der Waals surface area (Å²) in [7, 11) is -3.72. The number of anilines is 1. The quantitative estimate of drug-likeness (QED) is 0.659. The number of nitrogens with one attached hydrogen (secondary N) is 1. The fourth-order valence-corrected chi connectivity index (χ4v) is 7.90. The highest BCUT2D eigenvalue weighted by atomic mass is 32.2. The van der Waals surface area contributed by atoms with Gasteiger partial charge in [-0.25, -0.2) is 13.4 Å². The molecule has 0 radical (unpaired) electrons. The average Bonchev–Trinajstić information content (AvgIpc) is 3.33. The van der Waals surface area contributed by atoms with Gasteiger partial charge in [0.1, 0.15) is 5.78 Å². The summed E-state index contributed by atoms with van der Waals surface area (Å²) in [6, 6.07) is 7.27. The summed E-state index contributed by atoms with van der Waals surface area (Å²) in [6.45, 7) is 4.10. The third kappa shape index (κ3) is 2.76. The van der Waals surface area contributed by atoms with Gasteiger partial charge in [-0.1, -0.05) is 32.0 Å². The first kappa shape index (κ1) is 18.8. The van der Waals surface area contributed by atoms with Crippen LogP contribution in [0.2, 0.25) is 0 Å². The van der Waals surface area contributed by atoms with Gasteiger partial charge < -0.3 is 0 Å². The predicted octanol–water partition coefficient (Wildman–Crippen LogP) is 4.20. The van der Waals surface area contributed by atoms with E-state index >= 15 is 0 Å². The fourth-order valence-electron chi connectivity index (χ4n) is 5.29. The lowest BCUT2D eigenvalue weighted by atomic mass is 9.70. The van der Waals surface area contributed by atoms with Crippen LogP contribution in [0, 0.1) is 16.7 Å². The lowest BCUT2D eigenvalue weighted by molar-refractivity contribution is -0.128. The first-order valence-corrected chi connectivity index (χ1v) is 12.3. The number of rotatable bonds is 5. The van der Waals surface area contributed by atoms with Crippen LogP contribution in [0.15, 0.2) is 42.0 Å². The lowest BCUT2D eigenvalue weighted by Gasteiger charge is -2.36. The number of thiazole rings is 1. The summed E-state index contributed by atoms with van der Waals surface area (Å²) >= 11 is 1.53. The van der Waals surface area contributed by atoms with E-state index in [0.717, 1.165) is 16.9 Å². The zero-order valence-corrected chi connectivity index (χ0v) is 18.0. The first-order chi connectivity index (χ1) is 13.7. The average molecular weight is 430 g/mol. The van der Waals surface area contributed by atoms with Crippen molar-refractivity contribution in [3.8, 4) is 11.3 Å². The van der Waals surface area contributed by atoms with E-state index in [9.17, 15) is 13.2 Å². The van der Waals surface area contributed by atoms with Gasteiger partial charge in [-0.15, -0.1) is 11.3 Å². The number of benzene rings is 1. The number of nitrogens with zero attached hydrogens (tertiary/aromatic N) is 2. The second-order valence-electron chi connectivity index (χ2n) is 8.79. The van der Waals surface area contributed by atoms with E-state index in [1.807, 2.05) is 34.3 Å². The minimum atomic E-state index is -3.72. The Morgan fingerprint density at radius 1 is 1.31 bits per heavy atom. The Kier molecular flexibility index (Phi) is 3.99. The molecule has 2 aromatic heterocycles. The minimum Gasteiger partial charge on any atom is -0.299 e. The summed E-state index contributed by atoms with van der Waals surface area (Å²) in [6.07, 6.45) is 5.90. The molecular weight excluding hydrogens is 406 g/mol. The normalized spacial score (nSPS) is 25.7. The molecule has 2 heterocycles. The number of hydrogen-bond donors (Lipinski definition) is 1. The van der Waals surface area contributed by atoms with Crippen molar-refractivity contribution in [3.63, 3.8) is 0 Å². The molecule has 152 valence electrons. The molecule has 6 nitrogen and oxygen atoms in total. The maximum atomic E-state index is 13.2. The molecule has 2 unspecified atom stereocenters. The third-order valence-electron chi connectivity index (χ3n) is 7.14. The fraction of sp³-hybridized carbons (Fsp3) is 0.429. The smallest absolute Gasteiger partial charge is 0.233 e. The zero-order chi connectivity index (χ0) is 20.4. The molecule has 2 atom stereocenters. The number of imidazole rings is 1. The summed E-state index contributed by atoms with van der Waals surface area (Å²) in [5.74, 6) is 0.234. The van der Waals surface area contributed by atoms with Crippen LogP contribution in [0.4, 0.5) is 5.69 Å². The first-order valence-electron chi connectivity index (χ1n) is 9.77. The molecule has 2 bridgehead atoms. The monoisotopic (exact) mass is 429 g/mol. The number of ketones is 1. The molecule has 1 N–H and O–H groups in total. The van der Waals surface area contributed by atoms with Gasteiger partial charge in [0.05, 0.1) is 22.5 Å². The van der Waals surface area contributed by atoms with Gasteiger partial charge in [-0.2, -0.15) is 0 Å². The number of aromatic nitrogens is 2. The van der Waals surface area contributed by atoms with Gasteiger partial charge in [0.2, 0.25) is 10.0 Å². The molecule has 0 amide bonds. The topological polar surface area (TPSA) is 80.5 Å². The predicted molar refractivity (Wildman–Crippen MR) is 114 cm³/mol. The molecule has 5 rings (SSSR count). The molecule has 8 heteroatoms. The number of para-hydroxylation sites is 1. The SMILES string of the molecule is CC1(C)C2CCC1(CS(=O)(=O)Nc1ccccc1-c1cn3ccsc3n1)C(=O)C2. The lowest BCUT2D eigenvalue weighted by Crippen LogP contribution is -2.43. The van der Waals surface area contributed by atoms with E-state index < -0.39 is 15.4 Å². The molecule has 2 aliphatic rings. The van der Waals surface area contributed by atoms with E-state index in [1.165, 1.54) is 11.3 Å².